The Kier molecular flexibility index (Phi) is 5.16. The fourth-order valence-electron chi connectivity index (χ4n) is 3.21. The largest absolute Gasteiger partial charge is 0.484 e. The molecule has 0 atom stereocenters. The highest BCUT2D eigenvalue weighted by Gasteiger charge is 2.20. The zero-order chi connectivity index (χ0) is 20.2. The highest BCUT2D eigenvalue weighted by molar-refractivity contribution is 6.11. The molecular weight excluding hydrogens is 368 g/mol. The van der Waals surface area contributed by atoms with Gasteiger partial charge in [-0.3, -0.25) is 4.79 Å². The number of carbonyl (C=O) groups excluding carboxylic acids is 2. The van der Waals surface area contributed by atoms with Crippen LogP contribution in [0.5, 0.6) is 5.75 Å². The molecule has 0 bridgehead atoms. The maximum atomic E-state index is 12.5. The minimum absolute atomic E-state index is 0.180. The molecule has 2 N–H and O–H groups in total. The Morgan fingerprint density at radius 2 is 1.72 bits per heavy atom. The van der Waals surface area contributed by atoms with E-state index in [4.69, 9.17) is 9.47 Å². The molecule has 4 rings (SSSR count). The van der Waals surface area contributed by atoms with Gasteiger partial charge in [0, 0.05) is 10.9 Å². The third-order valence-corrected chi connectivity index (χ3v) is 4.54. The van der Waals surface area contributed by atoms with Crippen LogP contribution in [0.2, 0.25) is 0 Å². The number of fused-ring (bicyclic) bond motifs is 2. The predicted octanol–water partition coefficient (Wildman–Crippen LogP) is 4.52. The summed E-state index contributed by atoms with van der Waals surface area (Å²) in [6.07, 6.45) is 0. The zero-order valence-electron chi connectivity index (χ0n) is 15.9. The van der Waals surface area contributed by atoms with Gasteiger partial charge in [-0.1, -0.05) is 48.5 Å². The molecule has 0 spiro atoms. The summed E-state index contributed by atoms with van der Waals surface area (Å²) in [6, 6.07) is 20.9. The summed E-state index contributed by atoms with van der Waals surface area (Å²) < 4.78 is 10.7. The molecule has 0 aliphatic heterocycles. The first-order valence-electron chi connectivity index (χ1n) is 9.35. The Hall–Kier alpha value is -3.80. The maximum absolute atomic E-state index is 12.5. The number of hydrogen-bond donors (Lipinski definition) is 2. The van der Waals surface area contributed by atoms with Crippen LogP contribution in [0.25, 0.3) is 21.7 Å². The summed E-state index contributed by atoms with van der Waals surface area (Å²) in [5.74, 6) is -0.286. The molecule has 0 aliphatic rings. The molecule has 0 saturated heterocycles. The Morgan fingerprint density at radius 1 is 0.966 bits per heavy atom. The van der Waals surface area contributed by atoms with Gasteiger partial charge in [0.25, 0.3) is 5.91 Å². The summed E-state index contributed by atoms with van der Waals surface area (Å²) in [7, 11) is 0. The summed E-state index contributed by atoms with van der Waals surface area (Å²) in [4.78, 5) is 27.8. The van der Waals surface area contributed by atoms with Crippen LogP contribution < -0.4 is 10.1 Å². The molecule has 0 saturated carbocycles. The summed E-state index contributed by atoms with van der Waals surface area (Å²) in [6.45, 7) is 1.79. The molecule has 1 amide bonds. The number of carbonyl (C=O) groups is 2. The fourth-order valence-corrected chi connectivity index (χ4v) is 3.21. The van der Waals surface area contributed by atoms with Crippen LogP contribution >= 0.6 is 0 Å². The lowest BCUT2D eigenvalue weighted by Crippen LogP contribution is -2.21. The number of anilines is 1. The van der Waals surface area contributed by atoms with Gasteiger partial charge >= 0.3 is 5.97 Å². The highest BCUT2D eigenvalue weighted by Crippen LogP contribution is 2.28. The van der Waals surface area contributed by atoms with Gasteiger partial charge in [-0.2, -0.15) is 0 Å². The van der Waals surface area contributed by atoms with Crippen LogP contribution in [0, 0.1) is 0 Å². The molecule has 0 radical (unpaired) electrons. The second-order valence-electron chi connectivity index (χ2n) is 6.49. The molecule has 1 aromatic heterocycles. The van der Waals surface area contributed by atoms with Gasteiger partial charge in [-0.05, 0) is 35.9 Å². The van der Waals surface area contributed by atoms with Gasteiger partial charge < -0.3 is 19.8 Å². The monoisotopic (exact) mass is 388 g/mol. The zero-order valence-corrected chi connectivity index (χ0v) is 15.9. The minimum atomic E-state index is -0.519. The number of nitrogens with one attached hydrogen (secondary N) is 2. The molecule has 29 heavy (non-hydrogen) atoms. The van der Waals surface area contributed by atoms with Crippen LogP contribution in [-0.4, -0.2) is 30.1 Å². The average molecular weight is 388 g/mol. The molecule has 0 unspecified atom stereocenters. The Bertz CT molecular complexity index is 1200. The number of rotatable bonds is 6. The molecule has 0 fully saturated rings. The normalized spacial score (nSPS) is 10.8. The van der Waals surface area contributed by atoms with Crippen molar-refractivity contribution in [2.45, 2.75) is 6.92 Å². The Balaban J connectivity index is 1.52. The Morgan fingerprint density at radius 3 is 2.55 bits per heavy atom. The van der Waals surface area contributed by atoms with Crippen molar-refractivity contribution < 1.29 is 19.1 Å². The van der Waals surface area contributed by atoms with Crippen molar-refractivity contribution in [3.8, 4) is 5.75 Å². The Labute approximate surface area is 167 Å². The van der Waals surface area contributed by atoms with Crippen LogP contribution in [0.15, 0.2) is 66.7 Å². The van der Waals surface area contributed by atoms with E-state index in [1.807, 2.05) is 66.7 Å². The summed E-state index contributed by atoms with van der Waals surface area (Å²) >= 11 is 0. The van der Waals surface area contributed by atoms with E-state index in [9.17, 15) is 9.59 Å². The van der Waals surface area contributed by atoms with Gasteiger partial charge in [0.05, 0.1) is 12.3 Å². The van der Waals surface area contributed by atoms with Crippen LogP contribution in [0.4, 0.5) is 5.69 Å². The summed E-state index contributed by atoms with van der Waals surface area (Å²) in [5.41, 5.74) is 1.35. The van der Waals surface area contributed by atoms with Crippen molar-refractivity contribution in [1.82, 2.24) is 4.98 Å². The maximum Gasteiger partial charge on any atom is 0.356 e. The second-order valence-corrected chi connectivity index (χ2v) is 6.49. The smallest absolute Gasteiger partial charge is 0.356 e. The summed E-state index contributed by atoms with van der Waals surface area (Å²) in [5, 5.41) is 5.65. The highest BCUT2D eigenvalue weighted by atomic mass is 16.5. The van der Waals surface area contributed by atoms with Crippen molar-refractivity contribution in [3.05, 3.63) is 72.4 Å². The van der Waals surface area contributed by atoms with Crippen LogP contribution in [0.3, 0.4) is 0 Å². The standard InChI is InChI=1S/C23H20N2O4/c1-2-28-23(27)22-21(18-9-5-6-10-19(18)24-22)25-20(26)14-29-17-12-11-15-7-3-4-8-16(15)13-17/h3-13,24H,2,14H2,1H3,(H,25,26). The molecule has 6 nitrogen and oxygen atoms in total. The molecule has 1 heterocycles. The number of para-hydroxylation sites is 1. The molecule has 0 aliphatic carbocycles. The lowest BCUT2D eigenvalue weighted by molar-refractivity contribution is -0.118. The van der Waals surface area contributed by atoms with E-state index < -0.39 is 5.97 Å². The van der Waals surface area contributed by atoms with Crippen molar-refractivity contribution >= 4 is 39.2 Å². The van der Waals surface area contributed by atoms with Gasteiger partial charge in [-0.15, -0.1) is 0 Å². The van der Waals surface area contributed by atoms with Gasteiger partial charge in [0.2, 0.25) is 0 Å². The van der Waals surface area contributed by atoms with Gasteiger partial charge in [0.15, 0.2) is 6.61 Å². The molecule has 146 valence electrons. The minimum Gasteiger partial charge on any atom is -0.484 e. The van der Waals surface area contributed by atoms with Crippen LogP contribution in [-0.2, 0) is 9.53 Å². The van der Waals surface area contributed by atoms with E-state index in [0.717, 1.165) is 21.7 Å². The number of esters is 1. The predicted molar refractivity (Wildman–Crippen MR) is 112 cm³/mol. The topological polar surface area (TPSA) is 80.4 Å². The first-order valence-corrected chi connectivity index (χ1v) is 9.35. The van der Waals surface area contributed by atoms with E-state index in [1.165, 1.54) is 0 Å². The van der Waals surface area contributed by atoms with Crippen LogP contribution in [0.1, 0.15) is 17.4 Å². The number of amides is 1. The fraction of sp³-hybridized carbons (Fsp3) is 0.130. The van der Waals surface area contributed by atoms with E-state index in [2.05, 4.69) is 10.3 Å². The third kappa shape index (κ3) is 3.91. The lowest BCUT2D eigenvalue weighted by atomic mass is 10.1. The number of ether oxygens (including phenoxy) is 2. The van der Waals surface area contributed by atoms with Crippen molar-refractivity contribution in [2.75, 3.05) is 18.5 Å². The van der Waals surface area contributed by atoms with E-state index >= 15 is 0 Å². The first kappa shape index (κ1) is 18.6. The molecule has 6 heteroatoms. The van der Waals surface area contributed by atoms with Gasteiger partial charge in [0.1, 0.15) is 11.4 Å². The lowest BCUT2D eigenvalue weighted by Gasteiger charge is -2.09. The number of benzene rings is 3. The quantitative estimate of drug-likeness (QED) is 0.476. The van der Waals surface area contributed by atoms with E-state index in [1.54, 1.807) is 6.92 Å². The average Bonchev–Trinajstić information content (AvgIpc) is 3.11. The number of aromatic nitrogens is 1. The first-order chi connectivity index (χ1) is 14.2. The third-order valence-electron chi connectivity index (χ3n) is 4.54. The number of aromatic amines is 1. The number of H-pyrrole nitrogens is 1. The van der Waals surface area contributed by atoms with Crippen molar-refractivity contribution in [3.63, 3.8) is 0 Å². The molecule has 4 aromatic rings. The van der Waals surface area contributed by atoms with E-state index in [0.29, 0.717) is 11.4 Å². The second kappa shape index (κ2) is 8.06. The van der Waals surface area contributed by atoms with Gasteiger partial charge in [-0.25, -0.2) is 4.79 Å². The molecular formula is C23H20N2O4. The molecule has 3 aromatic carbocycles. The number of hydrogen-bond acceptors (Lipinski definition) is 4. The van der Waals surface area contributed by atoms with Crippen molar-refractivity contribution in [1.29, 1.82) is 0 Å². The SMILES string of the molecule is CCOC(=O)c1[nH]c2ccccc2c1NC(=O)COc1ccc2ccccc2c1. The van der Waals surface area contributed by atoms with Crippen molar-refractivity contribution in [2.24, 2.45) is 0 Å². The van der Waals surface area contributed by atoms with E-state index in [-0.39, 0.29) is 24.8 Å².